The van der Waals surface area contributed by atoms with E-state index in [1.165, 1.54) is 0 Å². The number of aromatic nitrogens is 3. The highest BCUT2D eigenvalue weighted by molar-refractivity contribution is 5.71. The molecule has 2 aromatic heterocycles. The van der Waals surface area contributed by atoms with Crippen molar-refractivity contribution in [1.29, 1.82) is 0 Å². The van der Waals surface area contributed by atoms with Gasteiger partial charge in [-0.05, 0) is 18.6 Å². The molecule has 0 spiro atoms. The van der Waals surface area contributed by atoms with Crippen molar-refractivity contribution >= 4 is 11.2 Å². The standard InChI is InChI=1S/C10H12N4/c11-7-3-4-9-13-10-8(14(9)6-7)2-1-5-12-10/h1-2,5,7H,3-4,6,11H2/t7-/m1/s1. The molecule has 0 saturated carbocycles. The van der Waals surface area contributed by atoms with E-state index in [1.807, 2.05) is 6.07 Å². The Morgan fingerprint density at radius 1 is 1.50 bits per heavy atom. The van der Waals surface area contributed by atoms with Crippen LogP contribution in [0.15, 0.2) is 18.3 Å². The van der Waals surface area contributed by atoms with Gasteiger partial charge in [-0.1, -0.05) is 0 Å². The molecule has 0 saturated heterocycles. The number of fused-ring (bicyclic) bond motifs is 3. The van der Waals surface area contributed by atoms with Gasteiger partial charge in [-0.2, -0.15) is 0 Å². The van der Waals surface area contributed by atoms with E-state index >= 15 is 0 Å². The molecule has 2 aromatic rings. The summed E-state index contributed by atoms with van der Waals surface area (Å²) in [6.45, 7) is 0.873. The molecule has 1 aliphatic rings. The summed E-state index contributed by atoms with van der Waals surface area (Å²) in [5, 5.41) is 0. The molecule has 72 valence electrons. The molecular weight excluding hydrogens is 176 g/mol. The summed E-state index contributed by atoms with van der Waals surface area (Å²) in [7, 11) is 0. The Kier molecular flexibility index (Phi) is 1.58. The zero-order valence-corrected chi connectivity index (χ0v) is 7.85. The molecular formula is C10H12N4. The average Bonchev–Trinajstić information content (AvgIpc) is 2.56. The minimum atomic E-state index is 0.264. The second kappa shape index (κ2) is 2.78. The van der Waals surface area contributed by atoms with Gasteiger partial charge in [-0.3, -0.25) is 0 Å². The van der Waals surface area contributed by atoms with Gasteiger partial charge in [0.2, 0.25) is 0 Å². The number of aryl methyl sites for hydroxylation is 1. The van der Waals surface area contributed by atoms with Crippen LogP contribution in [0.5, 0.6) is 0 Å². The zero-order valence-electron chi connectivity index (χ0n) is 7.85. The number of nitrogens with two attached hydrogens (primary N) is 1. The Labute approximate surface area is 81.8 Å². The van der Waals surface area contributed by atoms with Crippen molar-refractivity contribution < 1.29 is 0 Å². The predicted octanol–water partition coefficient (Wildman–Crippen LogP) is 0.705. The topological polar surface area (TPSA) is 56.7 Å². The fraction of sp³-hybridized carbons (Fsp3) is 0.400. The summed E-state index contributed by atoms with van der Waals surface area (Å²) in [4.78, 5) is 8.72. The first-order valence-electron chi connectivity index (χ1n) is 4.90. The molecule has 3 heterocycles. The van der Waals surface area contributed by atoms with Crippen molar-refractivity contribution in [2.45, 2.75) is 25.4 Å². The van der Waals surface area contributed by atoms with Gasteiger partial charge in [0.05, 0.1) is 5.52 Å². The molecule has 0 fully saturated rings. The third-order valence-corrected chi connectivity index (χ3v) is 2.76. The van der Waals surface area contributed by atoms with Crippen molar-refractivity contribution in [2.24, 2.45) is 5.73 Å². The normalized spacial score (nSPS) is 21.1. The maximum absolute atomic E-state index is 5.93. The van der Waals surface area contributed by atoms with Gasteiger partial charge < -0.3 is 10.3 Å². The Balaban J connectivity index is 2.25. The summed E-state index contributed by atoms with van der Waals surface area (Å²) in [6, 6.07) is 4.26. The average molecular weight is 188 g/mol. The second-order valence-electron chi connectivity index (χ2n) is 3.78. The molecule has 0 radical (unpaired) electrons. The first kappa shape index (κ1) is 7.94. The fourth-order valence-electron chi connectivity index (χ4n) is 2.04. The first-order chi connectivity index (χ1) is 6.84. The number of nitrogens with zero attached hydrogens (tertiary/aromatic N) is 3. The van der Waals surface area contributed by atoms with Crippen LogP contribution in [0.2, 0.25) is 0 Å². The highest BCUT2D eigenvalue weighted by atomic mass is 15.1. The van der Waals surface area contributed by atoms with Gasteiger partial charge >= 0.3 is 0 Å². The molecule has 0 bridgehead atoms. The number of hydrogen-bond acceptors (Lipinski definition) is 3. The smallest absolute Gasteiger partial charge is 0.177 e. The Hall–Kier alpha value is -1.42. The highest BCUT2D eigenvalue weighted by Crippen LogP contribution is 2.19. The summed E-state index contributed by atoms with van der Waals surface area (Å²) in [6.07, 6.45) is 3.78. The van der Waals surface area contributed by atoms with Gasteiger partial charge in [0.25, 0.3) is 0 Å². The van der Waals surface area contributed by atoms with Crippen LogP contribution in [0.1, 0.15) is 12.2 Å². The minimum Gasteiger partial charge on any atom is -0.326 e. The second-order valence-corrected chi connectivity index (χ2v) is 3.78. The van der Waals surface area contributed by atoms with E-state index in [4.69, 9.17) is 5.73 Å². The lowest BCUT2D eigenvalue weighted by atomic mass is 10.1. The molecule has 2 N–H and O–H groups in total. The third-order valence-electron chi connectivity index (χ3n) is 2.76. The van der Waals surface area contributed by atoms with Crippen LogP contribution in [0.4, 0.5) is 0 Å². The molecule has 4 heteroatoms. The zero-order chi connectivity index (χ0) is 9.54. The molecule has 4 nitrogen and oxygen atoms in total. The molecule has 0 aliphatic carbocycles. The maximum Gasteiger partial charge on any atom is 0.177 e. The van der Waals surface area contributed by atoms with Crippen LogP contribution in [0.25, 0.3) is 11.2 Å². The predicted molar refractivity (Wildman–Crippen MR) is 53.8 cm³/mol. The van der Waals surface area contributed by atoms with Crippen LogP contribution < -0.4 is 5.73 Å². The minimum absolute atomic E-state index is 0.264. The number of pyridine rings is 1. The van der Waals surface area contributed by atoms with Crippen LogP contribution in [-0.2, 0) is 13.0 Å². The van der Waals surface area contributed by atoms with E-state index in [1.54, 1.807) is 6.20 Å². The van der Waals surface area contributed by atoms with E-state index in [0.29, 0.717) is 0 Å². The summed E-state index contributed by atoms with van der Waals surface area (Å²) in [5.41, 5.74) is 7.88. The SMILES string of the molecule is N[C@@H]1CCc2nc3ncccc3n2C1. The quantitative estimate of drug-likeness (QED) is 0.662. The Morgan fingerprint density at radius 3 is 3.36 bits per heavy atom. The van der Waals surface area contributed by atoms with Gasteiger partial charge in [-0.15, -0.1) is 0 Å². The lowest BCUT2D eigenvalue weighted by Gasteiger charge is -2.20. The van der Waals surface area contributed by atoms with Gasteiger partial charge in [0, 0.05) is 25.2 Å². The first-order valence-corrected chi connectivity index (χ1v) is 4.90. The highest BCUT2D eigenvalue weighted by Gasteiger charge is 2.18. The van der Waals surface area contributed by atoms with Crippen molar-refractivity contribution in [3.8, 4) is 0 Å². The number of imidazole rings is 1. The molecule has 0 unspecified atom stereocenters. The number of rotatable bonds is 0. The van der Waals surface area contributed by atoms with Crippen LogP contribution in [0, 0.1) is 0 Å². The number of hydrogen-bond donors (Lipinski definition) is 1. The lowest BCUT2D eigenvalue weighted by Crippen LogP contribution is -2.31. The van der Waals surface area contributed by atoms with Gasteiger partial charge in [0.15, 0.2) is 5.65 Å². The van der Waals surface area contributed by atoms with Gasteiger partial charge in [-0.25, -0.2) is 9.97 Å². The van der Waals surface area contributed by atoms with Crippen LogP contribution in [-0.4, -0.2) is 20.6 Å². The van der Waals surface area contributed by atoms with E-state index in [2.05, 4.69) is 20.6 Å². The lowest BCUT2D eigenvalue weighted by molar-refractivity contribution is 0.461. The maximum atomic E-state index is 5.93. The van der Waals surface area contributed by atoms with E-state index in [0.717, 1.165) is 36.4 Å². The van der Waals surface area contributed by atoms with E-state index < -0.39 is 0 Å². The Morgan fingerprint density at radius 2 is 2.43 bits per heavy atom. The summed E-state index contributed by atoms with van der Waals surface area (Å²) < 4.78 is 2.19. The van der Waals surface area contributed by atoms with Crippen LogP contribution in [0.3, 0.4) is 0 Å². The summed E-state index contributed by atoms with van der Waals surface area (Å²) >= 11 is 0. The van der Waals surface area contributed by atoms with Crippen molar-refractivity contribution in [3.63, 3.8) is 0 Å². The summed E-state index contributed by atoms with van der Waals surface area (Å²) in [5.74, 6) is 1.13. The third kappa shape index (κ3) is 1.04. The van der Waals surface area contributed by atoms with E-state index in [-0.39, 0.29) is 6.04 Å². The monoisotopic (exact) mass is 188 g/mol. The molecule has 1 aliphatic heterocycles. The van der Waals surface area contributed by atoms with Crippen LogP contribution >= 0.6 is 0 Å². The molecule has 0 amide bonds. The molecule has 1 atom stereocenters. The molecule has 0 aromatic carbocycles. The fourth-order valence-corrected chi connectivity index (χ4v) is 2.04. The largest absolute Gasteiger partial charge is 0.326 e. The Bertz CT molecular complexity index is 474. The van der Waals surface area contributed by atoms with Gasteiger partial charge in [0.1, 0.15) is 5.82 Å². The molecule has 3 rings (SSSR count). The van der Waals surface area contributed by atoms with Crippen molar-refractivity contribution in [3.05, 3.63) is 24.2 Å². The molecule has 14 heavy (non-hydrogen) atoms. The van der Waals surface area contributed by atoms with E-state index in [9.17, 15) is 0 Å². The van der Waals surface area contributed by atoms with Crippen molar-refractivity contribution in [1.82, 2.24) is 14.5 Å². The van der Waals surface area contributed by atoms with Crippen molar-refractivity contribution in [2.75, 3.05) is 0 Å².